The van der Waals surface area contributed by atoms with Gasteiger partial charge in [0.1, 0.15) is 0 Å². The molecule has 1 aliphatic rings. The molecule has 0 N–H and O–H groups in total. The summed E-state index contributed by atoms with van der Waals surface area (Å²) in [5.41, 5.74) is 2.64. The first kappa shape index (κ1) is 14.4. The predicted molar refractivity (Wildman–Crippen MR) is 85.7 cm³/mol. The Morgan fingerprint density at radius 3 is 2.44 bits per heavy atom. The van der Waals surface area contributed by atoms with Crippen molar-refractivity contribution < 1.29 is 0 Å². The molecule has 1 aromatic rings. The summed E-state index contributed by atoms with van der Waals surface area (Å²) >= 11 is 7.15. The quantitative estimate of drug-likeness (QED) is 0.737. The molecule has 18 heavy (non-hydrogen) atoms. The Hall–Kier alpha value is -0.0600. The lowest BCUT2D eigenvalue weighted by Crippen LogP contribution is -2.46. The van der Waals surface area contributed by atoms with E-state index >= 15 is 0 Å². The van der Waals surface area contributed by atoms with E-state index in [-0.39, 0.29) is 0 Å². The van der Waals surface area contributed by atoms with Gasteiger partial charge in [-0.15, -0.1) is 0 Å². The Kier molecular flexibility index (Phi) is 5.52. The van der Waals surface area contributed by atoms with E-state index in [0.29, 0.717) is 0 Å². The number of hydrogen-bond donors (Lipinski definition) is 0. The van der Waals surface area contributed by atoms with Gasteiger partial charge < -0.3 is 4.90 Å². The summed E-state index contributed by atoms with van der Waals surface area (Å²) in [4.78, 5) is 5.04. The maximum Gasteiger partial charge on any atom is 0.0378 e. The highest BCUT2D eigenvalue weighted by molar-refractivity contribution is 9.10. The van der Waals surface area contributed by atoms with Gasteiger partial charge in [0.25, 0.3) is 0 Å². The van der Waals surface area contributed by atoms with Gasteiger partial charge in [0, 0.05) is 41.7 Å². The van der Waals surface area contributed by atoms with Gasteiger partial charge in [-0.05, 0) is 30.7 Å². The van der Waals surface area contributed by atoms with E-state index in [1.54, 1.807) is 0 Å². The van der Waals surface area contributed by atoms with Crippen LogP contribution in [-0.2, 0) is 5.33 Å². The van der Waals surface area contributed by atoms with E-state index in [0.717, 1.165) is 18.4 Å². The fourth-order valence-electron chi connectivity index (χ4n) is 2.39. The first-order valence-corrected chi connectivity index (χ1v) is 8.47. The average Bonchev–Trinajstić information content (AvgIpc) is 2.40. The van der Waals surface area contributed by atoms with Gasteiger partial charge in [0.05, 0.1) is 0 Å². The minimum Gasteiger partial charge on any atom is -0.369 e. The third-order valence-electron chi connectivity index (χ3n) is 3.46. The van der Waals surface area contributed by atoms with Crippen LogP contribution in [0.3, 0.4) is 0 Å². The highest BCUT2D eigenvalue weighted by Gasteiger charge is 2.16. The summed E-state index contributed by atoms with van der Waals surface area (Å²) in [7, 11) is 0. The molecular weight excluding hydrogens is 356 g/mol. The van der Waals surface area contributed by atoms with Gasteiger partial charge in [-0.3, -0.25) is 4.90 Å². The van der Waals surface area contributed by atoms with Gasteiger partial charge in [-0.1, -0.05) is 44.8 Å². The van der Waals surface area contributed by atoms with Crippen LogP contribution in [0.15, 0.2) is 22.7 Å². The van der Waals surface area contributed by atoms with Gasteiger partial charge in [0.2, 0.25) is 0 Å². The van der Waals surface area contributed by atoms with Crippen molar-refractivity contribution in [2.45, 2.75) is 18.7 Å². The van der Waals surface area contributed by atoms with E-state index in [4.69, 9.17) is 0 Å². The SMILES string of the molecule is CCCN1CCN(c2ccc(CBr)c(Br)c2)CC1. The van der Waals surface area contributed by atoms with Crippen molar-refractivity contribution in [2.24, 2.45) is 0 Å². The second kappa shape index (κ2) is 6.92. The Labute approximate surface area is 127 Å². The third-order valence-corrected chi connectivity index (χ3v) is 4.80. The van der Waals surface area contributed by atoms with Crippen LogP contribution in [0, 0.1) is 0 Å². The maximum absolute atomic E-state index is 3.64. The molecule has 0 saturated carbocycles. The van der Waals surface area contributed by atoms with Crippen molar-refractivity contribution in [1.29, 1.82) is 0 Å². The van der Waals surface area contributed by atoms with Crippen molar-refractivity contribution in [2.75, 3.05) is 37.6 Å². The zero-order valence-electron chi connectivity index (χ0n) is 10.8. The van der Waals surface area contributed by atoms with Crippen LogP contribution in [0.2, 0.25) is 0 Å². The van der Waals surface area contributed by atoms with E-state index in [1.165, 1.54) is 41.8 Å². The molecule has 0 amide bonds. The van der Waals surface area contributed by atoms with Crippen LogP contribution in [0.1, 0.15) is 18.9 Å². The molecule has 0 spiro atoms. The Balaban J connectivity index is 1.99. The molecule has 0 unspecified atom stereocenters. The largest absolute Gasteiger partial charge is 0.369 e. The van der Waals surface area contributed by atoms with Crippen LogP contribution in [0.5, 0.6) is 0 Å². The minimum absolute atomic E-state index is 0.901. The number of benzene rings is 1. The molecule has 0 bridgehead atoms. The molecule has 0 radical (unpaired) electrons. The predicted octanol–water partition coefficient (Wildman–Crippen LogP) is 3.88. The third kappa shape index (κ3) is 3.49. The highest BCUT2D eigenvalue weighted by Crippen LogP contribution is 2.26. The molecule has 1 heterocycles. The van der Waals surface area contributed by atoms with E-state index in [1.807, 2.05) is 0 Å². The summed E-state index contributed by atoms with van der Waals surface area (Å²) in [6, 6.07) is 6.68. The summed E-state index contributed by atoms with van der Waals surface area (Å²) < 4.78 is 1.20. The summed E-state index contributed by atoms with van der Waals surface area (Å²) in [6.45, 7) is 8.14. The number of nitrogens with zero attached hydrogens (tertiary/aromatic N) is 2. The number of anilines is 1. The smallest absolute Gasteiger partial charge is 0.0378 e. The lowest BCUT2D eigenvalue weighted by molar-refractivity contribution is 0.258. The van der Waals surface area contributed by atoms with Gasteiger partial charge in [0.15, 0.2) is 0 Å². The van der Waals surface area contributed by atoms with E-state index in [9.17, 15) is 0 Å². The van der Waals surface area contributed by atoms with Crippen LogP contribution in [0.25, 0.3) is 0 Å². The van der Waals surface area contributed by atoms with Gasteiger partial charge in [-0.2, -0.15) is 0 Å². The van der Waals surface area contributed by atoms with Crippen molar-refractivity contribution in [3.8, 4) is 0 Å². The molecule has 2 nitrogen and oxygen atoms in total. The number of halogens is 2. The first-order valence-electron chi connectivity index (χ1n) is 6.56. The molecular formula is C14H20Br2N2. The number of rotatable bonds is 4. The highest BCUT2D eigenvalue weighted by atomic mass is 79.9. The van der Waals surface area contributed by atoms with E-state index in [2.05, 4.69) is 66.8 Å². The van der Waals surface area contributed by atoms with Crippen LogP contribution >= 0.6 is 31.9 Å². The zero-order chi connectivity index (χ0) is 13.0. The molecule has 0 aliphatic carbocycles. The second-order valence-electron chi connectivity index (χ2n) is 4.74. The lowest BCUT2D eigenvalue weighted by atomic mass is 10.2. The van der Waals surface area contributed by atoms with E-state index < -0.39 is 0 Å². The standard InChI is InChI=1S/C14H20Br2N2/c1-2-5-17-6-8-18(9-7-17)13-4-3-12(11-15)14(16)10-13/h3-4,10H,2,5-9,11H2,1H3. The second-order valence-corrected chi connectivity index (χ2v) is 6.15. The van der Waals surface area contributed by atoms with Gasteiger partial charge >= 0.3 is 0 Å². The molecule has 0 aromatic heterocycles. The van der Waals surface area contributed by atoms with Crippen molar-refractivity contribution >= 4 is 37.5 Å². The van der Waals surface area contributed by atoms with Crippen LogP contribution in [0.4, 0.5) is 5.69 Å². The van der Waals surface area contributed by atoms with Crippen molar-refractivity contribution in [3.05, 3.63) is 28.2 Å². The van der Waals surface area contributed by atoms with Crippen LogP contribution in [-0.4, -0.2) is 37.6 Å². The number of alkyl halides is 1. The molecule has 100 valence electrons. The summed E-state index contributed by atoms with van der Waals surface area (Å²) in [6.07, 6.45) is 1.26. The van der Waals surface area contributed by atoms with Crippen LogP contribution < -0.4 is 4.90 Å². The Bertz CT molecular complexity index is 387. The first-order chi connectivity index (χ1) is 8.74. The van der Waals surface area contributed by atoms with Crippen molar-refractivity contribution in [3.63, 3.8) is 0 Å². The lowest BCUT2D eigenvalue weighted by Gasteiger charge is -2.36. The molecule has 2 rings (SSSR count). The molecule has 1 aliphatic heterocycles. The fraction of sp³-hybridized carbons (Fsp3) is 0.571. The molecule has 0 atom stereocenters. The summed E-state index contributed by atoms with van der Waals surface area (Å²) in [5, 5.41) is 0.901. The number of hydrogen-bond acceptors (Lipinski definition) is 2. The topological polar surface area (TPSA) is 6.48 Å². The monoisotopic (exact) mass is 374 g/mol. The molecule has 1 aromatic carbocycles. The average molecular weight is 376 g/mol. The normalized spacial score (nSPS) is 17.2. The Morgan fingerprint density at radius 1 is 1.17 bits per heavy atom. The molecule has 1 fully saturated rings. The molecule has 4 heteroatoms. The number of piperazine rings is 1. The van der Waals surface area contributed by atoms with Crippen molar-refractivity contribution in [1.82, 2.24) is 4.90 Å². The maximum atomic E-state index is 3.64. The minimum atomic E-state index is 0.901. The summed E-state index contributed by atoms with van der Waals surface area (Å²) in [5.74, 6) is 0. The Morgan fingerprint density at radius 2 is 1.89 bits per heavy atom. The fourth-order valence-corrected chi connectivity index (χ4v) is 3.76. The molecule has 1 saturated heterocycles. The zero-order valence-corrected chi connectivity index (χ0v) is 14.0. The van der Waals surface area contributed by atoms with Gasteiger partial charge in [-0.25, -0.2) is 0 Å².